The lowest BCUT2D eigenvalue weighted by atomic mass is 10.1. The van der Waals surface area contributed by atoms with Crippen molar-refractivity contribution in [3.8, 4) is 17.6 Å². The Bertz CT molecular complexity index is 960. The second kappa shape index (κ2) is 8.21. The van der Waals surface area contributed by atoms with Crippen LogP contribution < -0.4 is 9.47 Å². The molecule has 10 nitrogen and oxygen atoms in total. The van der Waals surface area contributed by atoms with E-state index in [9.17, 15) is 25.0 Å². The van der Waals surface area contributed by atoms with Crippen molar-refractivity contribution in [2.45, 2.75) is 0 Å². The number of rotatable bonds is 6. The summed E-state index contributed by atoms with van der Waals surface area (Å²) in [4.78, 5) is 32.4. The van der Waals surface area contributed by atoms with E-state index < -0.39 is 27.2 Å². The van der Waals surface area contributed by atoms with Gasteiger partial charge in [-0.25, -0.2) is 4.79 Å². The fourth-order valence-corrected chi connectivity index (χ4v) is 2.09. The highest BCUT2D eigenvalue weighted by molar-refractivity contribution is 5.93. The summed E-state index contributed by atoms with van der Waals surface area (Å²) in [5, 5.41) is 30.4. The van der Waals surface area contributed by atoms with Crippen LogP contribution in [0.2, 0.25) is 0 Å². The molecule has 0 bridgehead atoms. The Labute approximate surface area is 152 Å². The molecular weight excluding hydrogens is 358 g/mol. The van der Waals surface area contributed by atoms with Crippen molar-refractivity contribution in [3.05, 3.63) is 73.8 Å². The first-order chi connectivity index (χ1) is 12.8. The normalized spacial score (nSPS) is 10.2. The van der Waals surface area contributed by atoms with E-state index in [1.165, 1.54) is 31.4 Å². The molecule has 2 aromatic rings. The molecule has 0 heterocycles. The van der Waals surface area contributed by atoms with E-state index in [0.29, 0.717) is 5.56 Å². The maximum Gasteiger partial charge on any atom is 0.344 e. The van der Waals surface area contributed by atoms with Crippen LogP contribution in [0.3, 0.4) is 0 Å². The number of nitro groups is 2. The largest absolute Gasteiger partial charge is 0.493 e. The molecule has 0 amide bonds. The van der Waals surface area contributed by atoms with E-state index in [1.807, 2.05) is 6.07 Å². The van der Waals surface area contributed by atoms with Gasteiger partial charge in [0.05, 0.1) is 34.7 Å². The minimum Gasteiger partial charge on any atom is -0.493 e. The summed E-state index contributed by atoms with van der Waals surface area (Å²) in [6, 6.07) is 8.80. The molecule has 0 aliphatic carbocycles. The number of non-ortho nitro benzene ring substituents is 2. The molecule has 0 spiro atoms. The standard InChI is InChI=1S/C17H11N3O7/c1-26-16-7-11(3-2-6-18)4-5-15(16)27-17(21)12-8-13(19(22)23)10-14(9-12)20(24)25/h2-5,7-10H,1H3/b3-2-. The predicted molar refractivity (Wildman–Crippen MR) is 92.4 cm³/mol. The average Bonchev–Trinajstić information content (AvgIpc) is 2.66. The van der Waals surface area contributed by atoms with Crippen LogP contribution in [0, 0.1) is 31.6 Å². The lowest BCUT2D eigenvalue weighted by molar-refractivity contribution is -0.394. The van der Waals surface area contributed by atoms with Gasteiger partial charge >= 0.3 is 5.97 Å². The number of ether oxygens (including phenoxy) is 2. The third-order valence-corrected chi connectivity index (χ3v) is 3.30. The average molecular weight is 369 g/mol. The van der Waals surface area contributed by atoms with E-state index in [4.69, 9.17) is 14.7 Å². The first-order valence-electron chi connectivity index (χ1n) is 7.26. The van der Waals surface area contributed by atoms with Gasteiger partial charge in [0.1, 0.15) is 0 Å². The van der Waals surface area contributed by atoms with E-state index in [-0.39, 0.29) is 17.1 Å². The second-order valence-electron chi connectivity index (χ2n) is 5.01. The van der Waals surface area contributed by atoms with Crippen LogP contribution in [-0.4, -0.2) is 22.9 Å². The van der Waals surface area contributed by atoms with Crippen molar-refractivity contribution in [1.29, 1.82) is 5.26 Å². The smallest absolute Gasteiger partial charge is 0.344 e. The Kier molecular flexibility index (Phi) is 5.80. The van der Waals surface area contributed by atoms with Crippen molar-refractivity contribution in [3.63, 3.8) is 0 Å². The molecule has 27 heavy (non-hydrogen) atoms. The zero-order valence-electron chi connectivity index (χ0n) is 13.8. The van der Waals surface area contributed by atoms with Crippen molar-refractivity contribution >= 4 is 23.4 Å². The quantitative estimate of drug-likeness (QED) is 0.248. The van der Waals surface area contributed by atoms with Crippen molar-refractivity contribution < 1.29 is 24.1 Å². The summed E-state index contributed by atoms with van der Waals surface area (Å²) in [7, 11) is 1.34. The number of hydrogen-bond acceptors (Lipinski definition) is 8. The van der Waals surface area contributed by atoms with Crippen LogP contribution in [0.25, 0.3) is 6.08 Å². The molecular formula is C17H11N3O7. The number of methoxy groups -OCH3 is 1. The van der Waals surface area contributed by atoms with Crippen LogP contribution in [0.15, 0.2) is 42.5 Å². The number of carbonyl (C=O) groups excluding carboxylic acids is 1. The molecule has 0 atom stereocenters. The number of carbonyl (C=O) groups is 1. The van der Waals surface area contributed by atoms with E-state index in [1.54, 1.807) is 6.07 Å². The van der Waals surface area contributed by atoms with Crippen molar-refractivity contribution in [2.75, 3.05) is 7.11 Å². The molecule has 0 saturated heterocycles. The Morgan fingerprint density at radius 1 is 1.07 bits per heavy atom. The first kappa shape index (κ1) is 19.1. The molecule has 0 unspecified atom stereocenters. The summed E-state index contributed by atoms with van der Waals surface area (Å²) in [5.41, 5.74) is -0.967. The van der Waals surface area contributed by atoms with Gasteiger partial charge in [-0.3, -0.25) is 20.2 Å². The number of benzene rings is 2. The van der Waals surface area contributed by atoms with Gasteiger partial charge in [-0.05, 0) is 23.8 Å². The molecule has 0 aliphatic rings. The van der Waals surface area contributed by atoms with Gasteiger partial charge in [-0.2, -0.15) is 5.26 Å². The van der Waals surface area contributed by atoms with E-state index >= 15 is 0 Å². The highest BCUT2D eigenvalue weighted by Gasteiger charge is 2.22. The fraction of sp³-hybridized carbons (Fsp3) is 0.0588. The molecule has 0 saturated carbocycles. The van der Waals surface area contributed by atoms with Gasteiger partial charge in [0.25, 0.3) is 11.4 Å². The molecule has 10 heteroatoms. The Balaban J connectivity index is 2.37. The van der Waals surface area contributed by atoms with Gasteiger partial charge in [-0.15, -0.1) is 0 Å². The number of nitrogens with zero attached hydrogens (tertiary/aromatic N) is 3. The minimum absolute atomic E-state index is 0.00534. The van der Waals surface area contributed by atoms with Crippen LogP contribution in [-0.2, 0) is 0 Å². The van der Waals surface area contributed by atoms with Gasteiger partial charge in [0.2, 0.25) is 0 Å². The number of allylic oxidation sites excluding steroid dienone is 1. The fourth-order valence-electron chi connectivity index (χ4n) is 2.09. The molecule has 2 rings (SSSR count). The number of nitriles is 1. The van der Waals surface area contributed by atoms with Crippen molar-refractivity contribution in [1.82, 2.24) is 0 Å². The van der Waals surface area contributed by atoms with Gasteiger partial charge in [-0.1, -0.05) is 6.07 Å². The van der Waals surface area contributed by atoms with Crippen LogP contribution >= 0.6 is 0 Å². The highest BCUT2D eigenvalue weighted by Crippen LogP contribution is 2.30. The second-order valence-corrected chi connectivity index (χ2v) is 5.01. The summed E-state index contributed by atoms with van der Waals surface area (Å²) in [6.45, 7) is 0. The third kappa shape index (κ3) is 4.64. The van der Waals surface area contributed by atoms with Crippen molar-refractivity contribution in [2.24, 2.45) is 0 Å². The maximum absolute atomic E-state index is 12.3. The Morgan fingerprint density at radius 2 is 1.70 bits per heavy atom. The molecule has 0 N–H and O–H groups in total. The zero-order valence-corrected chi connectivity index (χ0v) is 13.8. The SMILES string of the molecule is COc1cc(/C=C\C#N)ccc1OC(=O)c1cc([N+](=O)[O-])cc([N+](=O)[O-])c1. The van der Waals surface area contributed by atoms with Crippen LogP contribution in [0.4, 0.5) is 11.4 Å². The zero-order chi connectivity index (χ0) is 20.0. The molecule has 0 aromatic heterocycles. The minimum atomic E-state index is -1.03. The maximum atomic E-state index is 12.3. The topological polar surface area (TPSA) is 146 Å². The third-order valence-electron chi connectivity index (χ3n) is 3.30. The van der Waals surface area contributed by atoms with Gasteiger partial charge in [0, 0.05) is 18.2 Å². The van der Waals surface area contributed by atoms with Crippen LogP contribution in [0.1, 0.15) is 15.9 Å². The van der Waals surface area contributed by atoms with Gasteiger partial charge in [0.15, 0.2) is 11.5 Å². The molecule has 0 fully saturated rings. The lowest BCUT2D eigenvalue weighted by Gasteiger charge is -2.10. The molecule has 0 radical (unpaired) electrons. The lowest BCUT2D eigenvalue weighted by Crippen LogP contribution is -2.10. The molecule has 0 aliphatic heterocycles. The summed E-state index contributed by atoms with van der Waals surface area (Å²) >= 11 is 0. The summed E-state index contributed by atoms with van der Waals surface area (Å²) in [6.07, 6.45) is 2.76. The van der Waals surface area contributed by atoms with Crippen LogP contribution in [0.5, 0.6) is 11.5 Å². The van der Waals surface area contributed by atoms with E-state index in [0.717, 1.165) is 18.2 Å². The summed E-state index contributed by atoms with van der Waals surface area (Å²) < 4.78 is 10.3. The predicted octanol–water partition coefficient (Wildman–Crippen LogP) is 3.27. The number of hydrogen-bond donors (Lipinski definition) is 0. The summed E-state index contributed by atoms with van der Waals surface area (Å²) in [5.74, 6) is -0.852. The first-order valence-corrected chi connectivity index (χ1v) is 7.26. The molecule has 2 aromatic carbocycles. The monoisotopic (exact) mass is 369 g/mol. The van der Waals surface area contributed by atoms with E-state index in [2.05, 4.69) is 0 Å². The number of esters is 1. The molecule has 136 valence electrons. The van der Waals surface area contributed by atoms with Gasteiger partial charge < -0.3 is 9.47 Å². The Morgan fingerprint density at radius 3 is 2.22 bits per heavy atom. The Hall–Kier alpha value is -4.26. The number of nitro benzene ring substituents is 2. The highest BCUT2D eigenvalue weighted by atomic mass is 16.6.